The Hall–Kier alpha value is -2.52. The largest absolute Gasteiger partial charge is 0.443 e. The summed E-state index contributed by atoms with van der Waals surface area (Å²) in [6.07, 6.45) is 2.37. The first-order chi connectivity index (χ1) is 16.6. The van der Waals surface area contributed by atoms with Gasteiger partial charge in [-0.1, -0.05) is 31.7 Å². The lowest BCUT2D eigenvalue weighted by molar-refractivity contribution is -0.146. The van der Waals surface area contributed by atoms with E-state index in [1.807, 2.05) is 18.2 Å². The summed E-state index contributed by atoms with van der Waals surface area (Å²) in [6, 6.07) is 9.87. The van der Waals surface area contributed by atoms with Crippen molar-refractivity contribution in [2.75, 3.05) is 0 Å². The monoisotopic (exact) mass is 522 g/mol. The minimum atomic E-state index is -2.91. The number of benzene rings is 1. The average molecular weight is 523 g/mol. The van der Waals surface area contributed by atoms with Gasteiger partial charge in [-0.15, -0.1) is 0 Å². The van der Waals surface area contributed by atoms with Gasteiger partial charge in [-0.05, 0) is 75.9 Å². The number of carbonyl (C=O) groups excluding carboxylic acids is 1. The molecule has 0 bridgehead atoms. The number of hydrogen-bond acceptors (Lipinski definition) is 5. The Labute approximate surface area is 214 Å². The Balaban J connectivity index is 0.000000212. The molecular formula is C27H33F3N2O3S. The third-order valence-electron chi connectivity index (χ3n) is 6.33. The minimum absolute atomic E-state index is 0.191. The second kappa shape index (κ2) is 10.5. The van der Waals surface area contributed by atoms with E-state index in [0.717, 1.165) is 28.8 Å². The van der Waals surface area contributed by atoms with Crippen LogP contribution in [0.25, 0.3) is 17.2 Å². The molecule has 1 aromatic heterocycles. The van der Waals surface area contributed by atoms with Crippen molar-refractivity contribution in [2.45, 2.75) is 70.0 Å². The summed E-state index contributed by atoms with van der Waals surface area (Å²) < 4.78 is 47.4. The maximum absolute atomic E-state index is 13.9. The van der Waals surface area contributed by atoms with Gasteiger partial charge in [0.1, 0.15) is 16.4 Å². The summed E-state index contributed by atoms with van der Waals surface area (Å²) >= 11 is 0.792. The summed E-state index contributed by atoms with van der Waals surface area (Å²) in [5.41, 5.74) is 1.89. The van der Waals surface area contributed by atoms with Gasteiger partial charge in [0.05, 0.1) is 18.2 Å². The average Bonchev–Trinajstić information content (AvgIpc) is 3.03. The molecule has 2 heterocycles. The van der Waals surface area contributed by atoms with Crippen molar-refractivity contribution in [1.29, 1.82) is 0 Å². The van der Waals surface area contributed by atoms with Gasteiger partial charge in [0.15, 0.2) is 0 Å². The van der Waals surface area contributed by atoms with Crippen molar-refractivity contribution in [3.8, 4) is 11.1 Å². The maximum atomic E-state index is 13.9. The number of nitrogens with zero attached hydrogens (tertiary/aromatic N) is 2. The summed E-state index contributed by atoms with van der Waals surface area (Å²) in [7, 11) is 0. The topological polar surface area (TPSA) is 62.7 Å². The van der Waals surface area contributed by atoms with Crippen LogP contribution in [0.4, 0.5) is 18.0 Å². The molecule has 0 spiro atoms. The van der Waals surface area contributed by atoms with Crippen molar-refractivity contribution in [1.82, 2.24) is 9.29 Å². The summed E-state index contributed by atoms with van der Waals surface area (Å²) in [5, 5.41) is 10.6. The maximum Gasteiger partial charge on any atom is 0.420 e. The highest BCUT2D eigenvalue weighted by molar-refractivity contribution is 7.99. The zero-order valence-electron chi connectivity index (χ0n) is 21.2. The molecule has 0 radical (unpaired) electrons. The van der Waals surface area contributed by atoms with Crippen molar-refractivity contribution in [3.63, 3.8) is 0 Å². The van der Waals surface area contributed by atoms with Gasteiger partial charge in [0, 0.05) is 23.6 Å². The second-order valence-electron chi connectivity index (χ2n) is 10.4. The molecule has 196 valence electrons. The van der Waals surface area contributed by atoms with Crippen LogP contribution in [0.2, 0.25) is 0 Å². The van der Waals surface area contributed by atoms with E-state index in [1.165, 1.54) is 23.4 Å². The number of alkyl halides is 2. The number of carbonyl (C=O) groups is 1. The number of pyridine rings is 1. The van der Waals surface area contributed by atoms with Crippen LogP contribution in [-0.2, 0) is 4.74 Å². The Morgan fingerprint density at radius 1 is 1.25 bits per heavy atom. The van der Waals surface area contributed by atoms with Crippen LogP contribution in [0.15, 0.2) is 49.2 Å². The van der Waals surface area contributed by atoms with E-state index >= 15 is 0 Å². The molecule has 1 aromatic carbocycles. The number of amides is 1. The SMILES string of the molecule is C=Cc1ccc(-c2cccc(F)c2)cn1.CC1C2CC(C)C(F)(F)CC2(O)SN1C(=O)OC(C)(C)C. The van der Waals surface area contributed by atoms with Crippen LogP contribution < -0.4 is 0 Å². The molecule has 1 saturated carbocycles. The lowest BCUT2D eigenvalue weighted by atomic mass is 9.74. The lowest BCUT2D eigenvalue weighted by Crippen LogP contribution is -2.49. The first kappa shape index (κ1) is 28.1. The summed E-state index contributed by atoms with van der Waals surface area (Å²) in [5.74, 6) is -4.32. The van der Waals surface area contributed by atoms with Crippen LogP contribution in [0.1, 0.15) is 53.2 Å². The fourth-order valence-electron chi connectivity index (χ4n) is 4.35. The number of rotatable bonds is 2. The normalized spacial score (nSPS) is 26.9. The predicted molar refractivity (Wildman–Crippen MR) is 137 cm³/mol. The van der Waals surface area contributed by atoms with Gasteiger partial charge in [-0.2, -0.15) is 0 Å². The Bertz CT molecular complexity index is 1090. The Morgan fingerprint density at radius 2 is 1.94 bits per heavy atom. The number of fused-ring (bicyclic) bond motifs is 1. The molecule has 4 unspecified atom stereocenters. The van der Waals surface area contributed by atoms with E-state index in [-0.39, 0.29) is 24.2 Å². The third-order valence-corrected chi connectivity index (χ3v) is 7.77. The highest BCUT2D eigenvalue weighted by Crippen LogP contribution is 2.58. The van der Waals surface area contributed by atoms with Gasteiger partial charge in [-0.3, -0.25) is 4.98 Å². The molecular weight excluding hydrogens is 489 g/mol. The molecule has 1 aliphatic heterocycles. The minimum Gasteiger partial charge on any atom is -0.443 e. The molecule has 2 fully saturated rings. The van der Waals surface area contributed by atoms with E-state index in [4.69, 9.17) is 4.74 Å². The number of hydrogen-bond donors (Lipinski definition) is 1. The molecule has 4 rings (SSSR count). The van der Waals surface area contributed by atoms with Crippen LogP contribution in [0.3, 0.4) is 0 Å². The molecule has 2 aliphatic rings. The van der Waals surface area contributed by atoms with E-state index in [2.05, 4.69) is 11.6 Å². The second-order valence-corrected chi connectivity index (χ2v) is 11.6. The molecule has 2 aromatic rings. The molecule has 36 heavy (non-hydrogen) atoms. The lowest BCUT2D eigenvalue weighted by Gasteiger charge is -2.41. The molecule has 1 saturated heterocycles. The first-order valence-corrected chi connectivity index (χ1v) is 12.6. The van der Waals surface area contributed by atoms with Gasteiger partial charge >= 0.3 is 6.09 Å². The molecule has 1 aliphatic carbocycles. The van der Waals surface area contributed by atoms with Crippen molar-refractivity contribution >= 4 is 24.1 Å². The van der Waals surface area contributed by atoms with Gasteiger partial charge < -0.3 is 9.84 Å². The highest BCUT2D eigenvalue weighted by atomic mass is 32.2. The smallest absolute Gasteiger partial charge is 0.420 e. The Kier molecular flexibility index (Phi) is 8.15. The Morgan fingerprint density at radius 3 is 2.50 bits per heavy atom. The summed E-state index contributed by atoms with van der Waals surface area (Å²) in [6.45, 7) is 12.1. The van der Waals surface area contributed by atoms with Crippen LogP contribution in [-0.4, -0.2) is 43.0 Å². The standard InChI is InChI=1S/C14H23F2NO3S.C13H10FN/c1-8-6-10-9(2)17(11(18)20-12(3,4)5)21-14(10,19)7-13(8,15)16;1-2-13-7-6-11(9-15-13)10-4-3-5-12(14)8-10/h8-10,19H,6-7H2,1-5H3;2-9H,1H2. The quantitative estimate of drug-likeness (QED) is 0.424. The van der Waals surface area contributed by atoms with E-state index < -0.39 is 34.9 Å². The van der Waals surface area contributed by atoms with Crippen molar-refractivity contribution in [3.05, 3.63) is 60.7 Å². The summed E-state index contributed by atoms with van der Waals surface area (Å²) in [4.78, 5) is 14.7. The number of ether oxygens (including phenoxy) is 1. The molecule has 9 heteroatoms. The van der Waals surface area contributed by atoms with Crippen LogP contribution in [0.5, 0.6) is 0 Å². The zero-order valence-corrected chi connectivity index (χ0v) is 22.0. The molecule has 1 amide bonds. The zero-order chi connectivity index (χ0) is 26.9. The van der Waals surface area contributed by atoms with Gasteiger partial charge in [0.2, 0.25) is 0 Å². The van der Waals surface area contributed by atoms with Crippen LogP contribution >= 0.6 is 11.9 Å². The number of aromatic nitrogens is 1. The number of halogens is 3. The van der Waals surface area contributed by atoms with E-state index in [9.17, 15) is 23.1 Å². The fraction of sp³-hybridized carbons (Fsp3) is 0.481. The first-order valence-electron chi connectivity index (χ1n) is 11.8. The van der Waals surface area contributed by atoms with Crippen molar-refractivity contribution in [2.24, 2.45) is 11.8 Å². The van der Waals surface area contributed by atoms with E-state index in [0.29, 0.717) is 0 Å². The van der Waals surface area contributed by atoms with E-state index in [1.54, 1.807) is 46.0 Å². The van der Waals surface area contributed by atoms with Gasteiger partial charge in [0.25, 0.3) is 5.92 Å². The van der Waals surface area contributed by atoms with Crippen molar-refractivity contribution < 1.29 is 27.8 Å². The van der Waals surface area contributed by atoms with Gasteiger partial charge in [-0.25, -0.2) is 22.3 Å². The van der Waals surface area contributed by atoms with Crippen LogP contribution in [0, 0.1) is 17.7 Å². The molecule has 1 N–H and O–H groups in total. The third kappa shape index (κ3) is 6.42. The number of aliphatic hydroxyl groups is 1. The fourth-order valence-corrected chi connectivity index (χ4v) is 5.80. The predicted octanol–water partition coefficient (Wildman–Crippen LogP) is 7.17. The molecule has 5 nitrogen and oxygen atoms in total. The highest BCUT2D eigenvalue weighted by Gasteiger charge is 2.62. The molecule has 4 atom stereocenters.